The number of anilines is 2. The Morgan fingerprint density at radius 3 is 2.24 bits per heavy atom. The zero-order chi connectivity index (χ0) is 29.7. The van der Waals surface area contributed by atoms with Crippen molar-refractivity contribution in [2.24, 2.45) is 11.8 Å². The number of hydrogen-bond donors (Lipinski definition) is 0. The highest BCUT2D eigenvalue weighted by Gasteiger charge is 2.31. The molecule has 2 aliphatic heterocycles. The van der Waals surface area contributed by atoms with Gasteiger partial charge in [0.15, 0.2) is 0 Å². The van der Waals surface area contributed by atoms with Crippen LogP contribution in [0.1, 0.15) is 70.3 Å². The lowest BCUT2D eigenvalue weighted by Crippen LogP contribution is -2.46. The third-order valence-corrected chi connectivity index (χ3v) is 8.44. The van der Waals surface area contributed by atoms with E-state index in [1.807, 2.05) is 47.9 Å². The summed E-state index contributed by atoms with van der Waals surface area (Å²) in [5, 5.41) is 0.601. The number of rotatable bonds is 5. The fraction of sp³-hybridized carbons (Fsp3) is 0.625. The molecule has 3 heterocycles. The van der Waals surface area contributed by atoms with Gasteiger partial charge in [-0.25, -0.2) is 9.97 Å². The van der Waals surface area contributed by atoms with Crippen molar-refractivity contribution < 1.29 is 9.59 Å². The Labute approximate surface area is 251 Å². The number of hydrogen-bond acceptors (Lipinski definition) is 6. The first kappa shape index (κ1) is 31.2. The van der Waals surface area contributed by atoms with E-state index in [9.17, 15) is 9.59 Å². The van der Waals surface area contributed by atoms with Gasteiger partial charge in [0.2, 0.25) is 17.8 Å². The monoisotopic (exact) mass is 582 g/mol. The predicted molar refractivity (Wildman–Crippen MR) is 166 cm³/mol. The number of nitrogens with zero attached hydrogens (tertiary/aromatic N) is 6. The van der Waals surface area contributed by atoms with Crippen molar-refractivity contribution in [3.63, 3.8) is 0 Å². The van der Waals surface area contributed by atoms with E-state index in [4.69, 9.17) is 11.6 Å². The van der Waals surface area contributed by atoms with Crippen molar-refractivity contribution in [2.75, 3.05) is 49.1 Å². The van der Waals surface area contributed by atoms with E-state index in [0.29, 0.717) is 37.1 Å². The van der Waals surface area contributed by atoms with E-state index < -0.39 is 0 Å². The molecule has 1 saturated heterocycles. The largest absolute Gasteiger partial charge is 0.341 e. The summed E-state index contributed by atoms with van der Waals surface area (Å²) < 4.78 is 0. The number of carbonyl (C=O) groups excluding carboxylic acids is 2. The van der Waals surface area contributed by atoms with Gasteiger partial charge >= 0.3 is 0 Å². The molecule has 0 radical (unpaired) electrons. The summed E-state index contributed by atoms with van der Waals surface area (Å²) >= 11 is 6.48. The van der Waals surface area contributed by atoms with Gasteiger partial charge in [-0.2, -0.15) is 0 Å². The number of benzene rings is 1. The molecule has 1 fully saturated rings. The lowest BCUT2D eigenvalue weighted by Gasteiger charge is -2.36. The van der Waals surface area contributed by atoms with Crippen LogP contribution in [0, 0.1) is 25.7 Å². The van der Waals surface area contributed by atoms with Crippen LogP contribution in [0.2, 0.25) is 5.02 Å². The fourth-order valence-corrected chi connectivity index (χ4v) is 6.14. The summed E-state index contributed by atoms with van der Waals surface area (Å²) in [6.07, 6.45) is 2.88. The van der Waals surface area contributed by atoms with E-state index in [0.717, 1.165) is 74.0 Å². The topological polar surface area (TPSA) is 72.9 Å². The molecule has 0 saturated carbocycles. The van der Waals surface area contributed by atoms with Gasteiger partial charge in [-0.15, -0.1) is 0 Å². The molecule has 0 bridgehead atoms. The van der Waals surface area contributed by atoms with Crippen LogP contribution in [0.5, 0.6) is 0 Å². The molecule has 1 aromatic heterocycles. The molecule has 0 atom stereocenters. The Morgan fingerprint density at radius 1 is 0.927 bits per heavy atom. The second-order valence-corrected chi connectivity index (χ2v) is 12.8. The molecule has 4 rings (SSSR count). The van der Waals surface area contributed by atoms with Crippen molar-refractivity contribution in [1.82, 2.24) is 19.8 Å². The van der Waals surface area contributed by atoms with Crippen molar-refractivity contribution in [2.45, 2.75) is 79.8 Å². The van der Waals surface area contributed by atoms with Gasteiger partial charge in [0.25, 0.3) is 0 Å². The van der Waals surface area contributed by atoms with Crippen molar-refractivity contribution in [3.05, 3.63) is 46.2 Å². The second-order valence-electron chi connectivity index (χ2n) is 12.4. The van der Waals surface area contributed by atoms with Gasteiger partial charge in [0.05, 0.1) is 5.69 Å². The first-order valence-electron chi connectivity index (χ1n) is 15.2. The highest BCUT2D eigenvalue weighted by molar-refractivity contribution is 6.31. The molecule has 0 unspecified atom stereocenters. The lowest BCUT2D eigenvalue weighted by atomic mass is 9.95. The molecular weight excluding hydrogens is 536 g/mol. The maximum atomic E-state index is 14.1. The fourth-order valence-electron chi connectivity index (χ4n) is 5.98. The van der Waals surface area contributed by atoms with Gasteiger partial charge in [-0.05, 0) is 76.6 Å². The summed E-state index contributed by atoms with van der Waals surface area (Å²) in [5.74, 6) is 1.26. The van der Waals surface area contributed by atoms with E-state index in [1.165, 1.54) is 0 Å². The minimum absolute atomic E-state index is 0.0517. The van der Waals surface area contributed by atoms with Gasteiger partial charge in [0, 0.05) is 80.6 Å². The maximum Gasteiger partial charge on any atom is 0.227 e. The Morgan fingerprint density at radius 2 is 1.61 bits per heavy atom. The minimum Gasteiger partial charge on any atom is -0.341 e. The minimum atomic E-state index is -0.0517. The highest BCUT2D eigenvalue weighted by atomic mass is 35.5. The lowest BCUT2D eigenvalue weighted by molar-refractivity contribution is -0.137. The van der Waals surface area contributed by atoms with Gasteiger partial charge in [-0.3, -0.25) is 14.5 Å². The van der Waals surface area contributed by atoms with Crippen LogP contribution >= 0.6 is 11.6 Å². The highest BCUT2D eigenvalue weighted by Crippen LogP contribution is 2.30. The summed E-state index contributed by atoms with van der Waals surface area (Å²) in [7, 11) is 0. The molecule has 224 valence electrons. The summed E-state index contributed by atoms with van der Waals surface area (Å²) in [5.41, 5.74) is 3.73. The third-order valence-electron chi connectivity index (χ3n) is 8.21. The smallest absolute Gasteiger partial charge is 0.227 e. The number of halogens is 1. The Kier molecular flexibility index (Phi) is 10.6. The molecule has 9 heteroatoms. The molecule has 8 nitrogen and oxygen atoms in total. The molecular formula is C32H47ClN6O2. The normalized spacial score (nSPS) is 18.0. The molecule has 0 aliphatic carbocycles. The van der Waals surface area contributed by atoms with Crippen molar-refractivity contribution in [3.8, 4) is 0 Å². The van der Waals surface area contributed by atoms with Crippen LogP contribution in [0.3, 0.4) is 0 Å². The molecule has 0 N–H and O–H groups in total. The van der Waals surface area contributed by atoms with E-state index in [-0.39, 0.29) is 23.7 Å². The standard InChI is InChI=1S/C32H47ClN6O2/c1-22(2)18-30(40)39-13-7-12-36(23(3)4)16-17-38(21-27-8-9-28(33)20-29(27)39)31(41)26-10-14-37(15-11-26)32-34-24(5)19-25(6)35-32/h8-9,19-20,22-23,26H,7,10-18,21H2,1-6H3. The van der Waals surface area contributed by atoms with Crippen molar-refractivity contribution >= 4 is 35.1 Å². The third kappa shape index (κ3) is 8.19. The van der Waals surface area contributed by atoms with Crippen LogP contribution in [0.4, 0.5) is 11.6 Å². The summed E-state index contributed by atoms with van der Waals surface area (Å²) in [6, 6.07) is 8.10. The number of piperidine rings is 1. The van der Waals surface area contributed by atoms with Gasteiger partial charge in [-0.1, -0.05) is 31.5 Å². The summed E-state index contributed by atoms with van der Waals surface area (Å²) in [4.78, 5) is 45.4. The van der Waals surface area contributed by atoms with Crippen LogP contribution in [-0.2, 0) is 16.1 Å². The van der Waals surface area contributed by atoms with Crippen LogP contribution in [-0.4, -0.2) is 76.9 Å². The first-order chi connectivity index (χ1) is 19.5. The number of amides is 2. The molecule has 2 amide bonds. The van der Waals surface area contributed by atoms with Crippen molar-refractivity contribution in [1.29, 1.82) is 0 Å². The maximum absolute atomic E-state index is 14.1. The SMILES string of the molecule is Cc1cc(C)nc(N2CCC(C(=O)N3CCN(C(C)C)CCCN(C(=O)CC(C)C)c4cc(Cl)ccc4C3)CC2)n1. The van der Waals surface area contributed by atoms with Gasteiger partial charge < -0.3 is 14.7 Å². The predicted octanol–water partition coefficient (Wildman–Crippen LogP) is 5.49. The van der Waals surface area contributed by atoms with E-state index >= 15 is 0 Å². The Balaban J connectivity index is 1.58. The average Bonchev–Trinajstić information content (AvgIpc) is 2.94. The number of carbonyl (C=O) groups is 2. The molecule has 2 aliphatic rings. The zero-order valence-corrected chi connectivity index (χ0v) is 26.5. The van der Waals surface area contributed by atoms with Gasteiger partial charge in [0.1, 0.15) is 0 Å². The number of fused-ring (bicyclic) bond motifs is 1. The van der Waals surface area contributed by atoms with Crippen LogP contribution < -0.4 is 9.80 Å². The van der Waals surface area contributed by atoms with Crippen LogP contribution in [0.15, 0.2) is 24.3 Å². The first-order valence-corrected chi connectivity index (χ1v) is 15.6. The van der Waals surface area contributed by atoms with Crippen LogP contribution in [0.25, 0.3) is 0 Å². The quantitative estimate of drug-likeness (QED) is 0.464. The molecule has 1 aromatic carbocycles. The molecule has 2 aromatic rings. The second kappa shape index (κ2) is 14.0. The average molecular weight is 583 g/mol. The van der Waals surface area contributed by atoms with E-state index in [1.54, 1.807) is 0 Å². The summed E-state index contributed by atoms with van der Waals surface area (Å²) in [6.45, 7) is 17.5. The molecule has 0 spiro atoms. The van der Waals surface area contributed by atoms with E-state index in [2.05, 4.69) is 47.5 Å². The zero-order valence-electron chi connectivity index (χ0n) is 25.7. The number of aromatic nitrogens is 2. The number of aryl methyl sites for hydroxylation is 2. The molecule has 41 heavy (non-hydrogen) atoms. The Bertz CT molecular complexity index is 1190. The Hall–Kier alpha value is -2.71.